The number of carbonyl (C=O) groups is 2. The van der Waals surface area contributed by atoms with Crippen LogP contribution in [0.1, 0.15) is 66.7 Å². The van der Waals surface area contributed by atoms with Crippen LogP contribution in [0.25, 0.3) is 11.3 Å². The molecule has 2 aliphatic heterocycles. The predicted octanol–water partition coefficient (Wildman–Crippen LogP) is 4.90. The van der Waals surface area contributed by atoms with Crippen molar-refractivity contribution in [2.75, 3.05) is 18.6 Å². The fraction of sp³-hybridized carbons (Fsp3) is 0.206. The van der Waals surface area contributed by atoms with Gasteiger partial charge in [0.2, 0.25) is 17.8 Å². The number of amides is 2. The maximum atomic E-state index is 14.0. The molecule has 3 aromatic heterocycles. The molecule has 5 aromatic rings. The minimum absolute atomic E-state index is 0.124. The van der Waals surface area contributed by atoms with Crippen molar-refractivity contribution in [3.63, 3.8) is 0 Å². The van der Waals surface area contributed by atoms with Crippen molar-refractivity contribution in [1.82, 2.24) is 35.6 Å². The fourth-order valence-electron chi connectivity index (χ4n) is 6.04. The summed E-state index contributed by atoms with van der Waals surface area (Å²) in [5, 5.41) is 5.86. The Morgan fingerprint density at radius 3 is 1.84 bits per heavy atom. The van der Waals surface area contributed by atoms with Gasteiger partial charge in [0.05, 0.1) is 58.8 Å². The zero-order chi connectivity index (χ0) is 35.0. The number of nitrogens with one attached hydrogen (secondary N) is 2. The summed E-state index contributed by atoms with van der Waals surface area (Å²) >= 11 is 3.32. The number of fused-ring (bicyclic) bond motifs is 2. The van der Waals surface area contributed by atoms with Gasteiger partial charge in [-0.2, -0.15) is 0 Å². The summed E-state index contributed by atoms with van der Waals surface area (Å²) < 4.78 is 33.0. The first-order valence-electron chi connectivity index (χ1n) is 15.0. The van der Waals surface area contributed by atoms with Crippen molar-refractivity contribution < 1.29 is 23.1 Å². The second-order valence-corrected chi connectivity index (χ2v) is 12.3. The number of carbonyl (C=O) groups excluding carboxylic acids is 2. The number of anilines is 2. The van der Waals surface area contributed by atoms with Gasteiger partial charge in [0, 0.05) is 28.9 Å². The number of hydrogen-bond acceptors (Lipinski definition) is 10. The molecule has 0 saturated carbocycles. The second-order valence-electron chi connectivity index (χ2n) is 11.4. The third-order valence-corrected chi connectivity index (χ3v) is 8.85. The monoisotopic (exact) mass is 729 g/mol. The zero-order valence-electron chi connectivity index (χ0n) is 26.5. The van der Waals surface area contributed by atoms with E-state index < -0.39 is 11.9 Å². The summed E-state index contributed by atoms with van der Waals surface area (Å²) in [4.78, 5) is 45.8. The van der Waals surface area contributed by atoms with Crippen molar-refractivity contribution in [2.45, 2.75) is 38.8 Å². The van der Waals surface area contributed by atoms with E-state index in [0.717, 1.165) is 11.1 Å². The van der Waals surface area contributed by atoms with Crippen molar-refractivity contribution in [3.8, 4) is 17.1 Å². The number of nitrogens with two attached hydrogens (primary N) is 2. The number of nitrogen functional groups attached to an aromatic ring is 2. The van der Waals surface area contributed by atoms with Crippen LogP contribution in [0, 0.1) is 25.5 Å². The number of pyridine rings is 1. The van der Waals surface area contributed by atoms with Gasteiger partial charge in [0.25, 0.3) is 11.8 Å². The third-order valence-electron chi connectivity index (χ3n) is 8.16. The first-order valence-corrected chi connectivity index (χ1v) is 15.8. The van der Waals surface area contributed by atoms with E-state index >= 15 is 0 Å². The van der Waals surface area contributed by atoms with Gasteiger partial charge in [-0.25, -0.2) is 33.7 Å². The maximum absolute atomic E-state index is 14.0. The van der Waals surface area contributed by atoms with E-state index in [1.54, 1.807) is 44.2 Å². The summed E-state index contributed by atoms with van der Waals surface area (Å²) in [6.45, 7) is 3.45. The largest absolute Gasteiger partial charge is 0.481 e. The highest BCUT2D eigenvalue weighted by Crippen LogP contribution is 2.34. The summed E-state index contributed by atoms with van der Waals surface area (Å²) in [6.07, 6.45) is 0.899. The normalized spacial score (nSPS) is 16.4. The molecule has 7 rings (SSSR count). The van der Waals surface area contributed by atoms with E-state index in [1.807, 2.05) is 0 Å². The van der Waals surface area contributed by atoms with Crippen molar-refractivity contribution >= 4 is 39.6 Å². The van der Waals surface area contributed by atoms with E-state index in [4.69, 9.17) is 16.2 Å². The van der Waals surface area contributed by atoms with E-state index in [0.29, 0.717) is 68.4 Å². The fourth-order valence-corrected chi connectivity index (χ4v) is 6.67. The summed E-state index contributed by atoms with van der Waals surface area (Å²) in [5.41, 5.74) is 17.3. The number of methoxy groups -OCH3 is 1. The first-order chi connectivity index (χ1) is 23.4. The highest BCUT2D eigenvalue weighted by Gasteiger charge is 2.32. The SMILES string of the molecule is COc1cccc(-c2cc(F)ccc2[C@H]2Cc3nc(N)nc(C)c3C(=O)N2)n1.Cc1nc(N)nc2c1C(=O)N[C@@H](c1ccc(F)cc1Br)C2. The van der Waals surface area contributed by atoms with E-state index in [9.17, 15) is 18.4 Å². The van der Waals surface area contributed by atoms with Crippen LogP contribution in [0.15, 0.2) is 59.1 Å². The minimum atomic E-state index is -0.405. The third kappa shape index (κ3) is 6.88. The van der Waals surface area contributed by atoms with Crippen LogP contribution < -0.4 is 26.8 Å². The lowest BCUT2D eigenvalue weighted by atomic mass is 9.90. The van der Waals surface area contributed by atoms with Crippen molar-refractivity contribution in [1.29, 1.82) is 0 Å². The number of nitrogens with zero attached hydrogens (tertiary/aromatic N) is 5. The van der Waals surface area contributed by atoms with Crippen LogP contribution in [0.3, 0.4) is 0 Å². The Labute approximate surface area is 287 Å². The van der Waals surface area contributed by atoms with Crippen LogP contribution in [-0.4, -0.2) is 43.8 Å². The highest BCUT2D eigenvalue weighted by molar-refractivity contribution is 9.10. The van der Waals surface area contributed by atoms with E-state index in [2.05, 4.69) is 51.5 Å². The number of hydrogen-bond donors (Lipinski definition) is 4. The van der Waals surface area contributed by atoms with E-state index in [1.165, 1.54) is 31.4 Å². The van der Waals surface area contributed by atoms with Gasteiger partial charge in [-0.1, -0.05) is 34.1 Å². The molecule has 2 amide bonds. The van der Waals surface area contributed by atoms with Gasteiger partial charge in [0.1, 0.15) is 11.6 Å². The molecule has 12 nitrogen and oxygen atoms in total. The van der Waals surface area contributed by atoms with Crippen molar-refractivity contribution in [3.05, 3.63) is 116 Å². The van der Waals surface area contributed by atoms with Gasteiger partial charge in [-0.3, -0.25) is 9.59 Å². The lowest BCUT2D eigenvalue weighted by Crippen LogP contribution is -2.37. The second kappa shape index (κ2) is 13.5. The molecule has 5 heterocycles. The van der Waals surface area contributed by atoms with E-state index in [-0.39, 0.29) is 35.6 Å². The molecule has 2 aromatic carbocycles. The standard InChI is InChI=1S/C20H18FN5O2.C14H12BrFN4O/c1-10-18-16(26-20(22)23-10)9-15(25-19(18)27)12-7-6-11(21)8-13(12)14-4-3-5-17(24-14)28-2;1-6-12-11(20-14(17)18-6)5-10(19-13(12)21)8-3-2-7(16)4-9(8)15/h3-8,15H,9H2,1-2H3,(H,25,27)(H2,22,23,26);2-4,10H,5H2,1H3,(H,19,21)(H2,17,18,20)/t15-;10-/m11/s1. The topological polar surface area (TPSA) is 184 Å². The van der Waals surface area contributed by atoms with Gasteiger partial charge >= 0.3 is 0 Å². The molecule has 0 fully saturated rings. The minimum Gasteiger partial charge on any atom is -0.481 e. The van der Waals surface area contributed by atoms with Gasteiger partial charge < -0.3 is 26.8 Å². The number of rotatable bonds is 4. The van der Waals surface area contributed by atoms with Crippen molar-refractivity contribution in [2.24, 2.45) is 0 Å². The molecule has 0 saturated heterocycles. The number of halogens is 3. The molecule has 0 bridgehead atoms. The van der Waals surface area contributed by atoms with Gasteiger partial charge in [-0.05, 0) is 55.3 Å². The summed E-state index contributed by atoms with van der Waals surface area (Å²) in [6, 6.07) is 13.4. The smallest absolute Gasteiger partial charge is 0.255 e. The Morgan fingerprint density at radius 1 is 0.755 bits per heavy atom. The Balaban J connectivity index is 0.000000177. The molecule has 2 atom stereocenters. The number of aromatic nitrogens is 5. The maximum Gasteiger partial charge on any atom is 0.255 e. The average Bonchev–Trinajstić information content (AvgIpc) is 3.04. The molecule has 0 unspecified atom stereocenters. The van der Waals surface area contributed by atoms with Gasteiger partial charge in [-0.15, -0.1) is 0 Å². The first kappa shape index (κ1) is 33.3. The Bertz CT molecular complexity index is 2130. The van der Waals surface area contributed by atoms with Crippen LogP contribution in [0.5, 0.6) is 5.88 Å². The van der Waals surface area contributed by atoms with Crippen LogP contribution in [0.2, 0.25) is 0 Å². The Morgan fingerprint density at radius 2 is 1.29 bits per heavy atom. The average molecular weight is 731 g/mol. The zero-order valence-corrected chi connectivity index (χ0v) is 28.1. The quantitative estimate of drug-likeness (QED) is 0.198. The molecule has 0 spiro atoms. The number of benzene rings is 2. The molecule has 6 N–H and O–H groups in total. The Kier molecular flexibility index (Phi) is 9.19. The predicted molar refractivity (Wildman–Crippen MR) is 180 cm³/mol. The number of ether oxygens (including phenoxy) is 1. The lowest BCUT2D eigenvalue weighted by Gasteiger charge is -2.27. The van der Waals surface area contributed by atoms with Crippen LogP contribution >= 0.6 is 15.9 Å². The van der Waals surface area contributed by atoms with Gasteiger partial charge in [0.15, 0.2) is 0 Å². The number of aryl methyl sites for hydroxylation is 2. The molecule has 0 aliphatic carbocycles. The Hall–Kier alpha value is -5.57. The van der Waals surface area contributed by atoms with Crippen LogP contribution in [0.4, 0.5) is 20.7 Å². The molecule has 250 valence electrons. The molecule has 0 radical (unpaired) electrons. The molecule has 15 heteroatoms. The lowest BCUT2D eigenvalue weighted by molar-refractivity contribution is 0.0913. The highest BCUT2D eigenvalue weighted by atomic mass is 79.9. The van der Waals surface area contributed by atoms with Crippen LogP contribution in [-0.2, 0) is 12.8 Å². The summed E-state index contributed by atoms with van der Waals surface area (Å²) in [7, 11) is 1.52. The molecule has 2 aliphatic rings. The molecule has 49 heavy (non-hydrogen) atoms. The summed E-state index contributed by atoms with van der Waals surface area (Å²) in [5.74, 6) is -0.560. The molecular formula is C34H30BrF2N9O3. The molecular weight excluding hydrogens is 700 g/mol.